The summed E-state index contributed by atoms with van der Waals surface area (Å²) in [5, 5.41) is 0.613. The summed E-state index contributed by atoms with van der Waals surface area (Å²) in [6, 6.07) is 5.76. The number of halogens is 3. The Labute approximate surface area is 127 Å². The molecule has 0 saturated heterocycles. The largest absolute Gasteiger partial charge is 0.451 e. The second-order valence-electron chi connectivity index (χ2n) is 4.90. The third kappa shape index (κ3) is 3.52. The first kappa shape index (κ1) is 15.7. The third-order valence-corrected chi connectivity index (χ3v) is 3.72. The summed E-state index contributed by atoms with van der Waals surface area (Å²) in [5.74, 6) is -1.57. The summed E-state index contributed by atoms with van der Waals surface area (Å²) in [6.45, 7) is 3.94. The Bertz CT molecular complexity index is 627. The molecule has 112 valence electrons. The molecule has 0 aliphatic heterocycles. The van der Waals surface area contributed by atoms with Gasteiger partial charge in [0.2, 0.25) is 0 Å². The minimum absolute atomic E-state index is 0.328. The van der Waals surface area contributed by atoms with Crippen molar-refractivity contribution < 1.29 is 13.5 Å². The number of nitrogens with two attached hydrogens (primary N) is 1. The average molecular weight is 312 g/mol. The summed E-state index contributed by atoms with van der Waals surface area (Å²) >= 11 is 6.06. The Morgan fingerprint density at radius 1 is 1.05 bits per heavy atom. The molecule has 2 nitrogen and oxygen atoms in total. The van der Waals surface area contributed by atoms with Crippen molar-refractivity contribution in [3.05, 3.63) is 57.6 Å². The standard InChI is InChI=1S/C16H16ClF2NO/c1-9-5-12(6-10(2)15(9)17)21-16-13(18)7-11(3-4-20)8-14(16)19/h5-8H,3-4,20H2,1-2H3. The molecular weight excluding hydrogens is 296 g/mol. The second-order valence-corrected chi connectivity index (χ2v) is 5.28. The van der Waals surface area contributed by atoms with Gasteiger partial charge in [0.1, 0.15) is 5.75 Å². The molecule has 0 spiro atoms. The van der Waals surface area contributed by atoms with Crippen LogP contribution in [0.1, 0.15) is 16.7 Å². The molecule has 2 aromatic carbocycles. The zero-order chi connectivity index (χ0) is 15.6. The first-order valence-corrected chi connectivity index (χ1v) is 6.92. The van der Waals surface area contributed by atoms with Gasteiger partial charge in [0, 0.05) is 5.02 Å². The predicted molar refractivity (Wildman–Crippen MR) is 80.1 cm³/mol. The summed E-state index contributed by atoms with van der Waals surface area (Å²) in [4.78, 5) is 0. The fourth-order valence-electron chi connectivity index (χ4n) is 2.10. The monoisotopic (exact) mass is 311 g/mol. The molecule has 5 heteroatoms. The van der Waals surface area contributed by atoms with E-state index in [1.54, 1.807) is 26.0 Å². The van der Waals surface area contributed by atoms with Gasteiger partial charge in [-0.3, -0.25) is 0 Å². The third-order valence-electron chi connectivity index (χ3n) is 3.12. The minimum Gasteiger partial charge on any atom is -0.451 e. The van der Waals surface area contributed by atoms with Crippen molar-refractivity contribution in [2.45, 2.75) is 20.3 Å². The molecule has 21 heavy (non-hydrogen) atoms. The first-order chi connectivity index (χ1) is 9.92. The van der Waals surface area contributed by atoms with Gasteiger partial charge < -0.3 is 10.5 Å². The van der Waals surface area contributed by atoms with Crippen LogP contribution in [-0.4, -0.2) is 6.54 Å². The van der Waals surface area contributed by atoms with Crippen molar-refractivity contribution in [1.82, 2.24) is 0 Å². The Balaban J connectivity index is 2.36. The van der Waals surface area contributed by atoms with E-state index in [2.05, 4.69) is 0 Å². The lowest BCUT2D eigenvalue weighted by Gasteiger charge is -2.12. The molecule has 0 bridgehead atoms. The minimum atomic E-state index is -0.747. The maximum Gasteiger partial charge on any atom is 0.198 e. The maximum atomic E-state index is 14.0. The van der Waals surface area contributed by atoms with E-state index in [4.69, 9.17) is 22.1 Å². The Morgan fingerprint density at radius 3 is 2.05 bits per heavy atom. The number of aryl methyl sites for hydroxylation is 2. The van der Waals surface area contributed by atoms with E-state index in [1.165, 1.54) is 12.1 Å². The molecule has 0 aliphatic carbocycles. The molecule has 0 heterocycles. The molecule has 0 amide bonds. The number of benzene rings is 2. The molecule has 2 rings (SSSR count). The molecular formula is C16H16ClF2NO. The maximum absolute atomic E-state index is 14.0. The van der Waals surface area contributed by atoms with E-state index in [9.17, 15) is 8.78 Å². The van der Waals surface area contributed by atoms with Crippen LogP contribution in [0.5, 0.6) is 11.5 Å². The first-order valence-electron chi connectivity index (χ1n) is 6.55. The molecule has 0 saturated carbocycles. The zero-order valence-corrected chi connectivity index (χ0v) is 12.6. The fraction of sp³-hybridized carbons (Fsp3) is 0.250. The summed E-state index contributed by atoms with van der Waals surface area (Å²) in [6.07, 6.45) is 0.410. The van der Waals surface area contributed by atoms with Crippen LogP contribution in [0.2, 0.25) is 5.02 Å². The van der Waals surface area contributed by atoms with E-state index in [0.29, 0.717) is 29.3 Å². The van der Waals surface area contributed by atoms with Crippen LogP contribution in [0, 0.1) is 25.5 Å². The number of ether oxygens (including phenoxy) is 1. The van der Waals surface area contributed by atoms with E-state index in [1.807, 2.05) is 0 Å². The molecule has 2 aromatic rings. The topological polar surface area (TPSA) is 35.2 Å². The Morgan fingerprint density at radius 2 is 1.57 bits per heavy atom. The highest BCUT2D eigenvalue weighted by atomic mass is 35.5. The highest BCUT2D eigenvalue weighted by Gasteiger charge is 2.14. The summed E-state index contributed by atoms with van der Waals surface area (Å²) in [7, 11) is 0. The highest BCUT2D eigenvalue weighted by molar-refractivity contribution is 6.32. The second kappa shape index (κ2) is 6.41. The lowest BCUT2D eigenvalue weighted by atomic mass is 10.1. The molecule has 0 fully saturated rings. The van der Waals surface area contributed by atoms with Crippen LogP contribution in [0.4, 0.5) is 8.78 Å². The van der Waals surface area contributed by atoms with Gasteiger partial charge in [-0.25, -0.2) is 8.78 Å². The van der Waals surface area contributed by atoms with E-state index < -0.39 is 17.4 Å². The van der Waals surface area contributed by atoms with Gasteiger partial charge in [0.05, 0.1) is 0 Å². The smallest absolute Gasteiger partial charge is 0.198 e. The molecule has 0 aliphatic rings. The van der Waals surface area contributed by atoms with E-state index in [0.717, 1.165) is 11.1 Å². The quantitative estimate of drug-likeness (QED) is 0.900. The molecule has 0 aromatic heterocycles. The number of hydrogen-bond acceptors (Lipinski definition) is 2. The van der Waals surface area contributed by atoms with Gasteiger partial charge in [0.15, 0.2) is 17.4 Å². The van der Waals surface area contributed by atoms with Crippen LogP contribution in [0.25, 0.3) is 0 Å². The zero-order valence-electron chi connectivity index (χ0n) is 11.8. The van der Waals surface area contributed by atoms with E-state index in [-0.39, 0.29) is 0 Å². The average Bonchev–Trinajstić information content (AvgIpc) is 2.40. The van der Waals surface area contributed by atoms with Crippen molar-refractivity contribution in [1.29, 1.82) is 0 Å². The number of hydrogen-bond donors (Lipinski definition) is 1. The molecule has 0 radical (unpaired) electrons. The van der Waals surface area contributed by atoms with Crippen LogP contribution in [-0.2, 0) is 6.42 Å². The lowest BCUT2D eigenvalue weighted by molar-refractivity contribution is 0.406. The van der Waals surface area contributed by atoms with Crippen LogP contribution >= 0.6 is 11.6 Å². The molecule has 0 atom stereocenters. The molecule has 0 unspecified atom stereocenters. The SMILES string of the molecule is Cc1cc(Oc2c(F)cc(CCN)cc2F)cc(C)c1Cl. The van der Waals surface area contributed by atoms with Gasteiger partial charge in [-0.1, -0.05) is 11.6 Å². The van der Waals surface area contributed by atoms with Gasteiger partial charge in [0.25, 0.3) is 0 Å². The van der Waals surface area contributed by atoms with Crippen molar-refractivity contribution in [2.24, 2.45) is 5.73 Å². The van der Waals surface area contributed by atoms with Gasteiger partial charge in [-0.15, -0.1) is 0 Å². The fourth-order valence-corrected chi connectivity index (χ4v) is 2.21. The highest BCUT2D eigenvalue weighted by Crippen LogP contribution is 2.32. The Kier molecular flexibility index (Phi) is 4.80. The van der Waals surface area contributed by atoms with Crippen molar-refractivity contribution >= 4 is 11.6 Å². The molecule has 2 N–H and O–H groups in total. The van der Waals surface area contributed by atoms with Crippen molar-refractivity contribution in [3.63, 3.8) is 0 Å². The predicted octanol–water partition coefficient (Wildman–Crippen LogP) is 4.53. The summed E-state index contributed by atoms with van der Waals surface area (Å²) in [5.41, 5.74) is 7.45. The summed E-state index contributed by atoms with van der Waals surface area (Å²) < 4.78 is 33.3. The van der Waals surface area contributed by atoms with Gasteiger partial charge >= 0.3 is 0 Å². The normalized spacial score (nSPS) is 10.8. The van der Waals surface area contributed by atoms with Crippen molar-refractivity contribution in [3.8, 4) is 11.5 Å². The van der Waals surface area contributed by atoms with Gasteiger partial charge in [-0.05, 0) is 67.8 Å². The van der Waals surface area contributed by atoms with Crippen LogP contribution < -0.4 is 10.5 Å². The van der Waals surface area contributed by atoms with Gasteiger partial charge in [-0.2, -0.15) is 0 Å². The van der Waals surface area contributed by atoms with Crippen molar-refractivity contribution in [2.75, 3.05) is 6.54 Å². The number of rotatable bonds is 4. The van der Waals surface area contributed by atoms with E-state index >= 15 is 0 Å². The lowest BCUT2D eigenvalue weighted by Crippen LogP contribution is -2.04. The van der Waals surface area contributed by atoms with Crippen LogP contribution in [0.3, 0.4) is 0 Å². The Hall–Kier alpha value is -1.65. The van der Waals surface area contributed by atoms with Crippen LogP contribution in [0.15, 0.2) is 24.3 Å².